The second-order valence-electron chi connectivity index (χ2n) is 3.97. The largest absolute Gasteiger partial charge is 0.323 e. The molecule has 2 aromatic rings. The molecule has 0 unspecified atom stereocenters. The SMILES string of the molecule is O=C1CN(c2cccc(F)n2)c2ccccc2N1. The van der Waals surface area contributed by atoms with Crippen molar-refractivity contribution in [1.29, 1.82) is 0 Å². The van der Waals surface area contributed by atoms with Gasteiger partial charge in [-0.15, -0.1) is 0 Å². The second-order valence-corrected chi connectivity index (χ2v) is 3.97. The molecule has 0 radical (unpaired) electrons. The molecule has 1 aromatic heterocycles. The summed E-state index contributed by atoms with van der Waals surface area (Å²) >= 11 is 0. The molecule has 5 heteroatoms. The summed E-state index contributed by atoms with van der Waals surface area (Å²) in [6.45, 7) is 0.132. The molecule has 0 fully saturated rings. The maximum absolute atomic E-state index is 13.2. The predicted molar refractivity (Wildman–Crippen MR) is 66.3 cm³/mol. The molecule has 4 nitrogen and oxygen atoms in total. The summed E-state index contributed by atoms with van der Waals surface area (Å²) in [7, 11) is 0. The Labute approximate surface area is 103 Å². The highest BCUT2D eigenvalue weighted by molar-refractivity contribution is 6.02. The highest BCUT2D eigenvalue weighted by atomic mass is 19.1. The molecule has 1 aliphatic rings. The highest BCUT2D eigenvalue weighted by Crippen LogP contribution is 2.33. The van der Waals surface area contributed by atoms with Crippen molar-refractivity contribution in [3.8, 4) is 0 Å². The van der Waals surface area contributed by atoms with Crippen LogP contribution in [0.25, 0.3) is 0 Å². The fraction of sp³-hybridized carbons (Fsp3) is 0.0769. The second kappa shape index (κ2) is 4.10. The van der Waals surface area contributed by atoms with Crippen LogP contribution in [0.5, 0.6) is 0 Å². The molecule has 2 heterocycles. The third-order valence-corrected chi connectivity index (χ3v) is 2.75. The molecule has 1 aromatic carbocycles. The number of hydrogen-bond donors (Lipinski definition) is 1. The minimum Gasteiger partial charge on any atom is -0.323 e. The lowest BCUT2D eigenvalue weighted by atomic mass is 10.2. The van der Waals surface area contributed by atoms with E-state index in [2.05, 4.69) is 10.3 Å². The number of aromatic nitrogens is 1. The first-order valence-corrected chi connectivity index (χ1v) is 5.53. The van der Waals surface area contributed by atoms with Crippen LogP contribution in [0.3, 0.4) is 0 Å². The summed E-state index contributed by atoms with van der Waals surface area (Å²) in [4.78, 5) is 17.1. The normalized spacial score (nSPS) is 14.1. The molecule has 90 valence electrons. The fourth-order valence-corrected chi connectivity index (χ4v) is 1.99. The van der Waals surface area contributed by atoms with Crippen LogP contribution in [0.1, 0.15) is 0 Å². The van der Waals surface area contributed by atoms with Crippen molar-refractivity contribution >= 4 is 23.1 Å². The van der Waals surface area contributed by atoms with Crippen molar-refractivity contribution in [2.24, 2.45) is 0 Å². The lowest BCUT2D eigenvalue weighted by molar-refractivity contribution is -0.115. The summed E-state index contributed by atoms with van der Waals surface area (Å²) in [5.74, 6) is -0.270. The quantitative estimate of drug-likeness (QED) is 0.782. The summed E-state index contributed by atoms with van der Waals surface area (Å²) in [5, 5.41) is 2.77. The van der Waals surface area contributed by atoms with Crippen LogP contribution in [0.2, 0.25) is 0 Å². The van der Waals surface area contributed by atoms with Gasteiger partial charge in [-0.05, 0) is 24.3 Å². The molecule has 0 atom stereocenters. The number of fused-ring (bicyclic) bond motifs is 1. The molecule has 0 bridgehead atoms. The van der Waals surface area contributed by atoms with Gasteiger partial charge in [0.15, 0.2) is 0 Å². The van der Waals surface area contributed by atoms with Crippen LogP contribution >= 0.6 is 0 Å². The number of amides is 1. The van der Waals surface area contributed by atoms with E-state index in [1.807, 2.05) is 18.2 Å². The van der Waals surface area contributed by atoms with Gasteiger partial charge in [-0.1, -0.05) is 18.2 Å². The van der Waals surface area contributed by atoms with E-state index in [0.717, 1.165) is 5.69 Å². The Bertz CT molecular complexity index is 615. The van der Waals surface area contributed by atoms with Crippen LogP contribution in [0.15, 0.2) is 42.5 Å². The monoisotopic (exact) mass is 243 g/mol. The number of para-hydroxylation sites is 2. The molecule has 3 rings (SSSR count). The van der Waals surface area contributed by atoms with Crippen LogP contribution in [-0.4, -0.2) is 17.4 Å². The van der Waals surface area contributed by atoms with Crippen molar-refractivity contribution in [2.75, 3.05) is 16.8 Å². The number of carbonyl (C=O) groups excluding carboxylic acids is 1. The van der Waals surface area contributed by atoms with Crippen LogP contribution in [-0.2, 0) is 4.79 Å². The maximum atomic E-state index is 13.2. The van der Waals surface area contributed by atoms with Crippen LogP contribution in [0, 0.1) is 5.95 Å². The Morgan fingerprint density at radius 2 is 2.00 bits per heavy atom. The lowest BCUT2D eigenvalue weighted by Gasteiger charge is -2.29. The number of carbonyl (C=O) groups is 1. The molecular formula is C13H10FN3O. The van der Waals surface area contributed by atoms with Gasteiger partial charge in [-0.2, -0.15) is 4.39 Å². The van der Waals surface area contributed by atoms with E-state index >= 15 is 0 Å². The molecule has 0 saturated carbocycles. The van der Waals surface area contributed by atoms with Crippen LogP contribution in [0.4, 0.5) is 21.6 Å². The van der Waals surface area contributed by atoms with Crippen molar-refractivity contribution in [3.05, 3.63) is 48.4 Å². The summed E-state index contributed by atoms with van der Waals surface area (Å²) in [5.41, 5.74) is 1.52. The van der Waals surface area contributed by atoms with Gasteiger partial charge in [0.05, 0.1) is 11.4 Å². The first-order chi connectivity index (χ1) is 8.74. The smallest absolute Gasteiger partial charge is 0.244 e. The molecule has 0 aliphatic carbocycles. The van der Waals surface area contributed by atoms with E-state index in [1.54, 1.807) is 23.1 Å². The first kappa shape index (κ1) is 10.7. The minimum absolute atomic E-state index is 0.132. The van der Waals surface area contributed by atoms with Crippen molar-refractivity contribution in [2.45, 2.75) is 0 Å². The molecule has 0 saturated heterocycles. The zero-order valence-electron chi connectivity index (χ0n) is 9.43. The average Bonchev–Trinajstić information content (AvgIpc) is 2.37. The van der Waals surface area contributed by atoms with E-state index < -0.39 is 5.95 Å². The maximum Gasteiger partial charge on any atom is 0.244 e. The number of halogens is 1. The number of anilines is 3. The van der Waals surface area contributed by atoms with E-state index in [1.165, 1.54) is 6.07 Å². The number of nitrogens with zero attached hydrogens (tertiary/aromatic N) is 2. The standard InChI is InChI=1S/C13H10FN3O/c14-11-6-3-7-12(16-11)17-8-13(18)15-9-4-1-2-5-10(9)17/h1-7H,8H2,(H,15,18). The molecule has 1 amide bonds. The zero-order valence-corrected chi connectivity index (χ0v) is 9.43. The minimum atomic E-state index is -0.559. The summed E-state index contributed by atoms with van der Waals surface area (Å²) in [6, 6.07) is 11.9. The number of pyridine rings is 1. The fourth-order valence-electron chi connectivity index (χ4n) is 1.99. The first-order valence-electron chi connectivity index (χ1n) is 5.53. The predicted octanol–water partition coefficient (Wildman–Crippen LogP) is 2.31. The van der Waals surface area contributed by atoms with Gasteiger partial charge < -0.3 is 10.2 Å². The molecule has 1 aliphatic heterocycles. The number of nitrogens with one attached hydrogen (secondary N) is 1. The Hall–Kier alpha value is -2.43. The van der Waals surface area contributed by atoms with Crippen molar-refractivity contribution < 1.29 is 9.18 Å². The number of rotatable bonds is 1. The van der Waals surface area contributed by atoms with E-state index in [0.29, 0.717) is 11.5 Å². The van der Waals surface area contributed by atoms with Gasteiger partial charge in [-0.25, -0.2) is 4.98 Å². The number of benzene rings is 1. The van der Waals surface area contributed by atoms with Gasteiger partial charge in [0.25, 0.3) is 0 Å². The Morgan fingerprint density at radius 3 is 2.83 bits per heavy atom. The van der Waals surface area contributed by atoms with Gasteiger partial charge in [0.2, 0.25) is 11.9 Å². The number of hydrogen-bond acceptors (Lipinski definition) is 3. The lowest BCUT2D eigenvalue weighted by Crippen LogP contribution is -2.35. The Balaban J connectivity index is 2.10. The average molecular weight is 243 g/mol. The topological polar surface area (TPSA) is 45.2 Å². The summed E-state index contributed by atoms with van der Waals surface area (Å²) < 4.78 is 13.2. The van der Waals surface area contributed by atoms with E-state index in [9.17, 15) is 9.18 Å². The van der Waals surface area contributed by atoms with Crippen molar-refractivity contribution in [1.82, 2.24) is 4.98 Å². The van der Waals surface area contributed by atoms with E-state index in [4.69, 9.17) is 0 Å². The zero-order chi connectivity index (χ0) is 12.5. The van der Waals surface area contributed by atoms with Crippen LogP contribution < -0.4 is 10.2 Å². The summed E-state index contributed by atoms with van der Waals surface area (Å²) in [6.07, 6.45) is 0. The third kappa shape index (κ3) is 1.79. The molecule has 0 spiro atoms. The van der Waals surface area contributed by atoms with Gasteiger partial charge in [0.1, 0.15) is 12.4 Å². The third-order valence-electron chi connectivity index (χ3n) is 2.75. The molecule has 18 heavy (non-hydrogen) atoms. The van der Waals surface area contributed by atoms with E-state index in [-0.39, 0.29) is 12.5 Å². The molecule has 1 N–H and O–H groups in total. The van der Waals surface area contributed by atoms with Gasteiger partial charge in [0, 0.05) is 0 Å². The van der Waals surface area contributed by atoms with Gasteiger partial charge >= 0.3 is 0 Å². The molecular weight excluding hydrogens is 233 g/mol. The van der Waals surface area contributed by atoms with Crippen molar-refractivity contribution in [3.63, 3.8) is 0 Å². The Morgan fingerprint density at radius 1 is 1.17 bits per heavy atom. The van der Waals surface area contributed by atoms with Gasteiger partial charge in [-0.3, -0.25) is 4.79 Å². The highest BCUT2D eigenvalue weighted by Gasteiger charge is 2.23. The Kier molecular flexibility index (Phi) is 2.44.